The maximum absolute atomic E-state index is 12.3. The molecule has 0 spiro atoms. The lowest BCUT2D eigenvalue weighted by Crippen LogP contribution is -2.13. The molecule has 0 aliphatic rings. The fraction of sp³-hybridized carbons (Fsp3) is 0.423. The summed E-state index contributed by atoms with van der Waals surface area (Å²) in [5.74, 6) is 0.495. The van der Waals surface area contributed by atoms with Gasteiger partial charge in [-0.15, -0.1) is 0 Å². The van der Waals surface area contributed by atoms with Crippen LogP contribution in [0.3, 0.4) is 0 Å². The Balaban J connectivity index is 2.22. The Morgan fingerprint density at radius 2 is 1.61 bits per heavy atom. The van der Waals surface area contributed by atoms with E-state index in [4.69, 9.17) is 9.47 Å². The standard InChI is InChI=1S/C26H35NO4/c1-5-7-12-20(4)31-24-18-21(17-23(26(24)29)30-19(3)11-6-2)15-16-25(28)27-22-13-9-8-10-14-22/h8-10,13-20,29H,5-7,11-12H2,1-4H3,(H,27,28)/b16-15+. The fourth-order valence-corrected chi connectivity index (χ4v) is 3.21. The second-order valence-electron chi connectivity index (χ2n) is 7.84. The van der Waals surface area contributed by atoms with E-state index in [2.05, 4.69) is 19.2 Å². The zero-order valence-electron chi connectivity index (χ0n) is 19.1. The minimum atomic E-state index is -0.236. The molecular formula is C26H35NO4. The summed E-state index contributed by atoms with van der Waals surface area (Å²) in [6.07, 6.45) is 7.98. The first-order valence-corrected chi connectivity index (χ1v) is 11.2. The van der Waals surface area contributed by atoms with E-state index in [0.717, 1.165) is 43.4 Å². The molecule has 31 heavy (non-hydrogen) atoms. The number of nitrogens with one attached hydrogen (secondary N) is 1. The average molecular weight is 426 g/mol. The van der Waals surface area contributed by atoms with Gasteiger partial charge in [-0.25, -0.2) is 0 Å². The zero-order chi connectivity index (χ0) is 22.6. The summed E-state index contributed by atoms with van der Waals surface area (Å²) in [5, 5.41) is 13.5. The molecule has 5 nitrogen and oxygen atoms in total. The van der Waals surface area contributed by atoms with E-state index in [-0.39, 0.29) is 23.9 Å². The minimum Gasteiger partial charge on any atom is -0.502 e. The maximum atomic E-state index is 12.3. The number of carbonyl (C=O) groups excluding carboxylic acids is 1. The predicted molar refractivity (Wildman–Crippen MR) is 127 cm³/mol. The molecule has 0 radical (unpaired) electrons. The highest BCUT2D eigenvalue weighted by Crippen LogP contribution is 2.39. The van der Waals surface area contributed by atoms with Gasteiger partial charge < -0.3 is 19.9 Å². The molecule has 0 aliphatic carbocycles. The lowest BCUT2D eigenvalue weighted by atomic mass is 10.1. The Kier molecular flexibility index (Phi) is 9.95. The third-order valence-electron chi connectivity index (χ3n) is 4.85. The van der Waals surface area contributed by atoms with Crippen LogP contribution in [-0.2, 0) is 4.79 Å². The number of para-hydroxylation sites is 1. The van der Waals surface area contributed by atoms with Gasteiger partial charge in [-0.3, -0.25) is 4.79 Å². The number of rotatable bonds is 12. The van der Waals surface area contributed by atoms with E-state index in [9.17, 15) is 9.90 Å². The van der Waals surface area contributed by atoms with Crippen LogP contribution >= 0.6 is 0 Å². The van der Waals surface area contributed by atoms with Crippen LogP contribution in [0.2, 0.25) is 0 Å². The molecule has 168 valence electrons. The van der Waals surface area contributed by atoms with Crippen molar-refractivity contribution in [1.82, 2.24) is 0 Å². The van der Waals surface area contributed by atoms with Gasteiger partial charge in [-0.2, -0.15) is 0 Å². The molecule has 2 atom stereocenters. The van der Waals surface area contributed by atoms with Crippen molar-refractivity contribution in [1.29, 1.82) is 0 Å². The van der Waals surface area contributed by atoms with Crippen LogP contribution in [0.5, 0.6) is 17.2 Å². The number of hydrogen-bond acceptors (Lipinski definition) is 4. The van der Waals surface area contributed by atoms with Gasteiger partial charge in [0.15, 0.2) is 11.5 Å². The number of phenols is 1. The number of benzene rings is 2. The highest BCUT2D eigenvalue weighted by molar-refractivity contribution is 6.01. The molecule has 0 saturated carbocycles. The number of aromatic hydroxyl groups is 1. The van der Waals surface area contributed by atoms with Crippen LogP contribution in [0.15, 0.2) is 48.5 Å². The van der Waals surface area contributed by atoms with Crippen LogP contribution in [0.1, 0.15) is 65.4 Å². The summed E-state index contributed by atoms with van der Waals surface area (Å²) in [7, 11) is 0. The number of anilines is 1. The van der Waals surface area contributed by atoms with Gasteiger partial charge in [0.25, 0.3) is 0 Å². The van der Waals surface area contributed by atoms with Crippen molar-refractivity contribution >= 4 is 17.7 Å². The monoisotopic (exact) mass is 425 g/mol. The van der Waals surface area contributed by atoms with E-state index in [1.807, 2.05) is 44.2 Å². The Morgan fingerprint density at radius 3 is 2.19 bits per heavy atom. The first-order chi connectivity index (χ1) is 14.9. The Labute approximate surface area is 186 Å². The van der Waals surface area contributed by atoms with Crippen molar-refractivity contribution in [2.24, 2.45) is 0 Å². The molecular weight excluding hydrogens is 390 g/mol. The van der Waals surface area contributed by atoms with E-state index in [1.54, 1.807) is 18.2 Å². The van der Waals surface area contributed by atoms with Gasteiger partial charge in [0, 0.05) is 11.8 Å². The van der Waals surface area contributed by atoms with Gasteiger partial charge in [-0.1, -0.05) is 51.3 Å². The third kappa shape index (κ3) is 8.36. The highest BCUT2D eigenvalue weighted by Gasteiger charge is 2.16. The molecule has 2 rings (SSSR count). The minimum absolute atomic E-state index is 0.00260. The summed E-state index contributed by atoms with van der Waals surface area (Å²) in [6, 6.07) is 12.8. The second-order valence-corrected chi connectivity index (χ2v) is 7.84. The number of hydrogen-bond donors (Lipinski definition) is 2. The van der Waals surface area contributed by atoms with E-state index in [0.29, 0.717) is 11.5 Å². The molecule has 2 N–H and O–H groups in total. The number of phenolic OH excluding ortho intramolecular Hbond substituents is 1. The normalized spacial score (nSPS) is 13.0. The SMILES string of the molecule is CCCCC(C)Oc1cc(/C=C/C(=O)Nc2ccccc2)cc(OC(C)CCC)c1O. The molecule has 2 aromatic carbocycles. The summed E-state index contributed by atoms with van der Waals surface area (Å²) in [4.78, 5) is 12.3. The van der Waals surface area contributed by atoms with Gasteiger partial charge in [0.05, 0.1) is 12.2 Å². The Hall–Kier alpha value is -2.95. The zero-order valence-corrected chi connectivity index (χ0v) is 19.1. The smallest absolute Gasteiger partial charge is 0.248 e. The van der Waals surface area contributed by atoms with Crippen molar-refractivity contribution in [3.63, 3.8) is 0 Å². The molecule has 2 unspecified atom stereocenters. The molecule has 0 bridgehead atoms. The molecule has 0 heterocycles. The third-order valence-corrected chi connectivity index (χ3v) is 4.85. The molecule has 2 aromatic rings. The summed E-state index contributed by atoms with van der Waals surface area (Å²) in [6.45, 7) is 8.19. The van der Waals surface area contributed by atoms with Gasteiger partial charge >= 0.3 is 0 Å². The van der Waals surface area contributed by atoms with Crippen LogP contribution in [0, 0.1) is 0 Å². The first kappa shape index (κ1) is 24.3. The molecule has 0 aliphatic heterocycles. The van der Waals surface area contributed by atoms with Gasteiger partial charge in [-0.05, 0) is 62.6 Å². The summed E-state index contributed by atoms with van der Waals surface area (Å²) in [5.41, 5.74) is 1.45. The van der Waals surface area contributed by atoms with E-state index < -0.39 is 0 Å². The first-order valence-electron chi connectivity index (χ1n) is 11.2. The van der Waals surface area contributed by atoms with Crippen LogP contribution < -0.4 is 14.8 Å². The largest absolute Gasteiger partial charge is 0.502 e. The molecule has 5 heteroatoms. The van der Waals surface area contributed by atoms with Crippen molar-refractivity contribution < 1.29 is 19.4 Å². The number of amides is 1. The van der Waals surface area contributed by atoms with E-state index >= 15 is 0 Å². The topological polar surface area (TPSA) is 67.8 Å². The van der Waals surface area contributed by atoms with Crippen molar-refractivity contribution in [2.75, 3.05) is 5.32 Å². The fourth-order valence-electron chi connectivity index (χ4n) is 3.21. The lowest BCUT2D eigenvalue weighted by Gasteiger charge is -2.20. The van der Waals surface area contributed by atoms with Crippen molar-refractivity contribution in [2.45, 2.75) is 72.0 Å². The number of unbranched alkanes of at least 4 members (excludes halogenated alkanes) is 1. The number of ether oxygens (including phenoxy) is 2. The number of carbonyl (C=O) groups is 1. The lowest BCUT2D eigenvalue weighted by molar-refractivity contribution is -0.111. The van der Waals surface area contributed by atoms with Gasteiger partial charge in [0.2, 0.25) is 11.7 Å². The highest BCUT2D eigenvalue weighted by atomic mass is 16.5. The summed E-state index contributed by atoms with van der Waals surface area (Å²) < 4.78 is 12.0. The van der Waals surface area contributed by atoms with Crippen LogP contribution in [0.4, 0.5) is 5.69 Å². The van der Waals surface area contributed by atoms with Gasteiger partial charge in [0.1, 0.15) is 0 Å². The molecule has 0 fully saturated rings. The quantitative estimate of drug-likeness (QED) is 0.377. The maximum Gasteiger partial charge on any atom is 0.248 e. The second kappa shape index (κ2) is 12.7. The Morgan fingerprint density at radius 1 is 1.00 bits per heavy atom. The Bertz CT molecular complexity index is 848. The summed E-state index contributed by atoms with van der Waals surface area (Å²) >= 11 is 0. The van der Waals surface area contributed by atoms with Crippen LogP contribution in [-0.4, -0.2) is 23.2 Å². The van der Waals surface area contributed by atoms with Crippen molar-refractivity contribution in [3.05, 3.63) is 54.1 Å². The van der Waals surface area contributed by atoms with Crippen LogP contribution in [0.25, 0.3) is 6.08 Å². The molecule has 0 saturated heterocycles. The average Bonchev–Trinajstić information content (AvgIpc) is 2.74. The predicted octanol–water partition coefficient (Wildman–Crippen LogP) is 6.57. The van der Waals surface area contributed by atoms with E-state index in [1.165, 1.54) is 6.08 Å². The molecule has 1 amide bonds. The van der Waals surface area contributed by atoms with Crippen molar-refractivity contribution in [3.8, 4) is 17.2 Å². The molecule has 0 aromatic heterocycles.